The van der Waals surface area contributed by atoms with Gasteiger partial charge in [-0.05, 0) is 27.7 Å². The van der Waals surface area contributed by atoms with Gasteiger partial charge in [-0.2, -0.15) is 0 Å². The third-order valence-electron chi connectivity index (χ3n) is 1.77. The molecule has 0 aliphatic heterocycles. The maximum Gasteiger partial charge on any atom is 0.222 e. The second-order valence-electron chi connectivity index (χ2n) is 4.31. The maximum atomic E-state index is 11.4. The molecule has 0 aliphatic rings. The summed E-state index contributed by atoms with van der Waals surface area (Å²) in [5.74, 6) is -0.0129. The molecule has 0 unspecified atom stereocenters. The Morgan fingerprint density at radius 2 is 2.00 bits per heavy atom. The summed E-state index contributed by atoms with van der Waals surface area (Å²) in [5.41, 5.74) is 5.16. The van der Waals surface area contributed by atoms with E-state index in [1.54, 1.807) is 0 Å². The number of hydrogen-bond donors (Lipinski definition) is 2. The number of halogens is 1. The van der Waals surface area contributed by atoms with Crippen molar-refractivity contribution in [3.63, 3.8) is 0 Å². The molecule has 0 aromatic carbocycles. The number of rotatable bonds is 6. The summed E-state index contributed by atoms with van der Waals surface area (Å²) in [7, 11) is 0. The monoisotopic (exact) mass is 238 g/mol. The first-order valence-electron chi connectivity index (χ1n) is 5.00. The zero-order valence-corrected chi connectivity index (χ0v) is 10.8. The molecule has 4 nitrogen and oxygen atoms in total. The molecule has 0 saturated heterocycles. The number of amides is 1. The molecule has 0 radical (unpaired) electrons. The number of carbonyl (C=O) groups excluding carboxylic acids is 1. The van der Waals surface area contributed by atoms with E-state index < -0.39 is 0 Å². The normalized spacial score (nSPS) is 11.1. The Hall–Kier alpha value is -0.320. The number of hydrogen-bond acceptors (Lipinski definition) is 3. The van der Waals surface area contributed by atoms with Crippen molar-refractivity contribution in [3.05, 3.63) is 0 Å². The predicted octanol–water partition coefficient (Wildman–Crippen LogP) is 1.08. The largest absolute Gasteiger partial charge is 0.378 e. The first-order chi connectivity index (χ1) is 6.37. The van der Waals surface area contributed by atoms with E-state index in [-0.39, 0.29) is 30.0 Å². The molecule has 0 rings (SSSR count). The van der Waals surface area contributed by atoms with Crippen LogP contribution in [-0.4, -0.2) is 30.7 Å². The van der Waals surface area contributed by atoms with Gasteiger partial charge in [0.25, 0.3) is 0 Å². The van der Waals surface area contributed by atoms with Gasteiger partial charge in [0.05, 0.1) is 12.7 Å². The highest BCUT2D eigenvalue weighted by atomic mass is 35.5. The molecule has 0 spiro atoms. The van der Waals surface area contributed by atoms with Crippen LogP contribution >= 0.6 is 12.4 Å². The van der Waals surface area contributed by atoms with Crippen molar-refractivity contribution in [3.8, 4) is 0 Å². The molecule has 0 saturated carbocycles. The standard InChI is InChI=1S/C10H22N2O2.ClH/c1-8(2)14-6-5-9(13)12-10(3,4)7-11;/h8H,5-7,11H2,1-4H3,(H,12,13);1H. The van der Waals surface area contributed by atoms with E-state index in [0.29, 0.717) is 19.6 Å². The van der Waals surface area contributed by atoms with Gasteiger partial charge in [-0.3, -0.25) is 4.79 Å². The lowest BCUT2D eigenvalue weighted by atomic mass is 10.1. The van der Waals surface area contributed by atoms with E-state index in [1.165, 1.54) is 0 Å². The molecule has 0 aromatic heterocycles. The Morgan fingerprint density at radius 1 is 1.47 bits per heavy atom. The third-order valence-corrected chi connectivity index (χ3v) is 1.77. The van der Waals surface area contributed by atoms with E-state index >= 15 is 0 Å². The van der Waals surface area contributed by atoms with Gasteiger partial charge in [0, 0.05) is 18.5 Å². The Labute approximate surface area is 98.3 Å². The summed E-state index contributed by atoms with van der Waals surface area (Å²) < 4.78 is 5.27. The molecule has 92 valence electrons. The van der Waals surface area contributed by atoms with Crippen molar-refractivity contribution >= 4 is 18.3 Å². The molecule has 0 heterocycles. The molecular weight excluding hydrogens is 216 g/mol. The van der Waals surface area contributed by atoms with Crippen molar-refractivity contribution in [1.29, 1.82) is 0 Å². The summed E-state index contributed by atoms with van der Waals surface area (Å²) in [5, 5.41) is 2.84. The van der Waals surface area contributed by atoms with Crippen molar-refractivity contribution in [2.45, 2.75) is 45.8 Å². The second-order valence-corrected chi connectivity index (χ2v) is 4.31. The van der Waals surface area contributed by atoms with Gasteiger partial charge >= 0.3 is 0 Å². The molecule has 5 heteroatoms. The SMILES string of the molecule is CC(C)OCCC(=O)NC(C)(C)CN.Cl. The van der Waals surface area contributed by atoms with Crippen LogP contribution in [0.3, 0.4) is 0 Å². The third kappa shape index (κ3) is 9.97. The Balaban J connectivity index is 0. The Kier molecular flexibility index (Phi) is 9.01. The minimum absolute atomic E-state index is 0. The average Bonchev–Trinajstić information content (AvgIpc) is 2.02. The van der Waals surface area contributed by atoms with E-state index in [9.17, 15) is 4.79 Å². The fourth-order valence-electron chi connectivity index (χ4n) is 0.878. The number of carbonyl (C=O) groups is 1. The summed E-state index contributed by atoms with van der Waals surface area (Å²) in [6.07, 6.45) is 0.562. The van der Waals surface area contributed by atoms with E-state index in [0.717, 1.165) is 0 Å². The van der Waals surface area contributed by atoms with Crippen LogP contribution in [-0.2, 0) is 9.53 Å². The quantitative estimate of drug-likeness (QED) is 0.728. The van der Waals surface area contributed by atoms with Crippen molar-refractivity contribution in [2.24, 2.45) is 5.73 Å². The van der Waals surface area contributed by atoms with Crippen LogP contribution in [0, 0.1) is 0 Å². The molecule has 15 heavy (non-hydrogen) atoms. The molecule has 0 atom stereocenters. The van der Waals surface area contributed by atoms with Crippen molar-refractivity contribution in [2.75, 3.05) is 13.2 Å². The lowest BCUT2D eigenvalue weighted by molar-refractivity contribution is -0.123. The number of ether oxygens (including phenoxy) is 1. The van der Waals surface area contributed by atoms with Crippen LogP contribution in [0.1, 0.15) is 34.1 Å². The minimum Gasteiger partial charge on any atom is -0.378 e. The van der Waals surface area contributed by atoms with Gasteiger partial charge in [-0.1, -0.05) is 0 Å². The predicted molar refractivity (Wildman–Crippen MR) is 64.2 cm³/mol. The zero-order valence-electron chi connectivity index (χ0n) is 10.0. The van der Waals surface area contributed by atoms with E-state index in [2.05, 4.69) is 5.32 Å². The van der Waals surface area contributed by atoms with Gasteiger partial charge < -0.3 is 15.8 Å². The zero-order chi connectivity index (χ0) is 11.2. The van der Waals surface area contributed by atoms with Gasteiger partial charge in [-0.15, -0.1) is 12.4 Å². The highest BCUT2D eigenvalue weighted by Crippen LogP contribution is 1.99. The fraction of sp³-hybridized carbons (Fsp3) is 0.900. The molecule has 0 bridgehead atoms. The first kappa shape index (κ1) is 17.1. The topological polar surface area (TPSA) is 64.3 Å². The number of nitrogens with one attached hydrogen (secondary N) is 1. The summed E-state index contributed by atoms with van der Waals surface area (Å²) in [6.45, 7) is 8.58. The Bertz CT molecular complexity index is 184. The first-order valence-corrected chi connectivity index (χ1v) is 5.00. The van der Waals surface area contributed by atoms with Crippen molar-refractivity contribution < 1.29 is 9.53 Å². The maximum absolute atomic E-state index is 11.4. The highest BCUT2D eigenvalue weighted by Gasteiger charge is 2.17. The molecule has 3 N–H and O–H groups in total. The van der Waals surface area contributed by atoms with Gasteiger partial charge in [-0.25, -0.2) is 0 Å². The lowest BCUT2D eigenvalue weighted by Gasteiger charge is -2.24. The fourth-order valence-corrected chi connectivity index (χ4v) is 0.878. The molecule has 0 aliphatic carbocycles. The average molecular weight is 239 g/mol. The van der Waals surface area contributed by atoms with Crippen LogP contribution in [0.2, 0.25) is 0 Å². The van der Waals surface area contributed by atoms with Crippen LogP contribution in [0.15, 0.2) is 0 Å². The van der Waals surface area contributed by atoms with E-state index in [1.807, 2.05) is 27.7 Å². The van der Waals surface area contributed by atoms with Crippen LogP contribution in [0.25, 0.3) is 0 Å². The van der Waals surface area contributed by atoms with Crippen LogP contribution < -0.4 is 11.1 Å². The van der Waals surface area contributed by atoms with Gasteiger partial charge in [0.1, 0.15) is 0 Å². The molecular formula is C10H23ClN2O2. The number of nitrogens with two attached hydrogens (primary N) is 1. The van der Waals surface area contributed by atoms with Gasteiger partial charge in [0.2, 0.25) is 5.91 Å². The second kappa shape index (κ2) is 7.91. The summed E-state index contributed by atoms with van der Waals surface area (Å²) in [6, 6.07) is 0. The summed E-state index contributed by atoms with van der Waals surface area (Å²) >= 11 is 0. The van der Waals surface area contributed by atoms with Crippen LogP contribution in [0.5, 0.6) is 0 Å². The Morgan fingerprint density at radius 3 is 2.40 bits per heavy atom. The summed E-state index contributed by atoms with van der Waals surface area (Å²) in [4.78, 5) is 11.4. The van der Waals surface area contributed by atoms with Crippen LogP contribution in [0.4, 0.5) is 0 Å². The molecule has 0 fully saturated rings. The lowest BCUT2D eigenvalue weighted by Crippen LogP contribution is -2.49. The highest BCUT2D eigenvalue weighted by molar-refractivity contribution is 5.85. The molecule has 0 aromatic rings. The van der Waals surface area contributed by atoms with Crippen molar-refractivity contribution in [1.82, 2.24) is 5.32 Å². The van der Waals surface area contributed by atoms with Gasteiger partial charge in [0.15, 0.2) is 0 Å². The smallest absolute Gasteiger partial charge is 0.222 e. The minimum atomic E-state index is -0.324. The molecule has 1 amide bonds. The van der Waals surface area contributed by atoms with E-state index in [4.69, 9.17) is 10.5 Å².